The Bertz CT molecular complexity index is 863. The number of carbonyl (C=O) groups excluding carboxylic acids is 2. The van der Waals surface area contributed by atoms with Gasteiger partial charge in [-0.05, 0) is 49.9 Å². The molecular formula is C22H29N3O4S. The maximum atomic E-state index is 12.7. The average Bonchev–Trinajstić information content (AvgIpc) is 3.17. The van der Waals surface area contributed by atoms with Gasteiger partial charge in [0.15, 0.2) is 0 Å². The van der Waals surface area contributed by atoms with Crippen LogP contribution in [0.25, 0.3) is 0 Å². The van der Waals surface area contributed by atoms with Crippen LogP contribution in [-0.4, -0.2) is 42.6 Å². The van der Waals surface area contributed by atoms with Crippen molar-refractivity contribution in [2.24, 2.45) is 0 Å². The maximum absolute atomic E-state index is 12.7. The van der Waals surface area contributed by atoms with E-state index in [1.807, 2.05) is 26.0 Å². The molecule has 0 aliphatic heterocycles. The number of thiazole rings is 1. The summed E-state index contributed by atoms with van der Waals surface area (Å²) in [6, 6.07) is 5.86. The highest BCUT2D eigenvalue weighted by molar-refractivity contribution is 7.09. The number of hydrogen-bond acceptors (Lipinski definition) is 6. The van der Waals surface area contributed by atoms with Crippen molar-refractivity contribution in [1.82, 2.24) is 15.6 Å². The summed E-state index contributed by atoms with van der Waals surface area (Å²) < 4.78 is 10.7. The molecule has 1 aliphatic rings. The van der Waals surface area contributed by atoms with Crippen LogP contribution < -0.4 is 15.4 Å². The summed E-state index contributed by atoms with van der Waals surface area (Å²) in [5.74, 6) is 0.412. The van der Waals surface area contributed by atoms with Crippen LogP contribution >= 0.6 is 11.3 Å². The topological polar surface area (TPSA) is 89.6 Å². The summed E-state index contributed by atoms with van der Waals surface area (Å²) in [6.07, 6.45) is 3.72. The summed E-state index contributed by atoms with van der Waals surface area (Å²) in [5.41, 5.74) is 2.67. The molecule has 1 aliphatic carbocycles. The van der Waals surface area contributed by atoms with Gasteiger partial charge in [-0.15, -0.1) is 11.3 Å². The Balaban J connectivity index is 1.56. The molecule has 3 rings (SSSR count). The minimum Gasteiger partial charge on any atom is -0.486 e. The van der Waals surface area contributed by atoms with Crippen molar-refractivity contribution in [2.45, 2.75) is 58.2 Å². The molecule has 0 spiro atoms. The van der Waals surface area contributed by atoms with Crippen LogP contribution in [0.15, 0.2) is 23.6 Å². The Morgan fingerprint density at radius 1 is 1.10 bits per heavy atom. The summed E-state index contributed by atoms with van der Waals surface area (Å²) in [7, 11) is 1.49. The number of nitrogens with zero attached hydrogens (tertiary/aromatic N) is 1. The monoisotopic (exact) mass is 431 g/mol. The first kappa shape index (κ1) is 22.2. The fraction of sp³-hybridized carbons (Fsp3) is 0.500. The molecule has 0 radical (unpaired) electrons. The molecule has 1 fully saturated rings. The molecule has 2 aromatic rings. The van der Waals surface area contributed by atoms with Crippen molar-refractivity contribution >= 4 is 23.2 Å². The number of carbonyl (C=O) groups is 2. The van der Waals surface area contributed by atoms with Gasteiger partial charge in [0.05, 0.1) is 0 Å². The third-order valence-corrected chi connectivity index (χ3v) is 5.87. The van der Waals surface area contributed by atoms with Crippen LogP contribution in [0.2, 0.25) is 0 Å². The lowest BCUT2D eigenvalue weighted by Crippen LogP contribution is -2.53. The van der Waals surface area contributed by atoms with E-state index in [0.717, 1.165) is 47.6 Å². The highest BCUT2D eigenvalue weighted by Gasteiger charge is 2.28. The van der Waals surface area contributed by atoms with Gasteiger partial charge in [0.2, 0.25) is 5.91 Å². The van der Waals surface area contributed by atoms with Crippen LogP contribution in [0.4, 0.5) is 0 Å². The van der Waals surface area contributed by atoms with Crippen molar-refractivity contribution in [1.29, 1.82) is 0 Å². The van der Waals surface area contributed by atoms with Gasteiger partial charge in [0, 0.05) is 24.6 Å². The van der Waals surface area contributed by atoms with Gasteiger partial charge < -0.3 is 20.1 Å². The van der Waals surface area contributed by atoms with Crippen LogP contribution in [0.5, 0.6) is 5.75 Å². The van der Waals surface area contributed by atoms with E-state index in [4.69, 9.17) is 9.47 Å². The molecule has 2 amide bonds. The highest BCUT2D eigenvalue weighted by atomic mass is 32.1. The molecule has 7 nitrogen and oxygen atoms in total. The Labute approximate surface area is 181 Å². The first-order valence-electron chi connectivity index (χ1n) is 10.2. The zero-order valence-electron chi connectivity index (χ0n) is 17.7. The predicted molar refractivity (Wildman–Crippen MR) is 116 cm³/mol. The van der Waals surface area contributed by atoms with Gasteiger partial charge in [-0.25, -0.2) is 4.98 Å². The average molecular weight is 432 g/mol. The number of rotatable bonds is 8. The van der Waals surface area contributed by atoms with E-state index in [1.165, 1.54) is 18.4 Å². The van der Waals surface area contributed by atoms with Gasteiger partial charge in [0.1, 0.15) is 29.7 Å². The number of benzene rings is 1. The van der Waals surface area contributed by atoms with Gasteiger partial charge in [-0.2, -0.15) is 0 Å². The molecule has 8 heteroatoms. The minimum atomic E-state index is -0.221. The Hall–Kier alpha value is -2.45. The van der Waals surface area contributed by atoms with Gasteiger partial charge in [-0.3, -0.25) is 9.59 Å². The molecule has 2 N–H and O–H groups in total. The number of aromatic nitrogens is 1. The summed E-state index contributed by atoms with van der Waals surface area (Å²) in [6.45, 7) is 4.40. The SMILES string of the molecule is COCC(=O)NC1CCCCC1NC(=O)c1csc(COc2cc(C)cc(C)c2)n1. The van der Waals surface area contributed by atoms with Gasteiger partial charge >= 0.3 is 0 Å². The molecule has 1 saturated carbocycles. The van der Waals surface area contributed by atoms with E-state index in [0.29, 0.717) is 12.3 Å². The lowest BCUT2D eigenvalue weighted by molar-refractivity contribution is -0.125. The number of nitrogens with one attached hydrogen (secondary N) is 2. The Morgan fingerprint density at radius 2 is 1.77 bits per heavy atom. The smallest absolute Gasteiger partial charge is 0.271 e. The van der Waals surface area contributed by atoms with E-state index in [1.54, 1.807) is 5.38 Å². The fourth-order valence-electron chi connectivity index (χ4n) is 3.74. The largest absolute Gasteiger partial charge is 0.486 e. The van der Waals surface area contributed by atoms with E-state index < -0.39 is 0 Å². The predicted octanol–water partition coefficient (Wildman–Crippen LogP) is 3.14. The highest BCUT2D eigenvalue weighted by Crippen LogP contribution is 2.21. The van der Waals surface area contributed by atoms with E-state index in [-0.39, 0.29) is 30.5 Å². The molecule has 162 valence electrons. The Kier molecular flexibility index (Phi) is 7.81. The van der Waals surface area contributed by atoms with Crippen LogP contribution in [0.1, 0.15) is 52.3 Å². The van der Waals surface area contributed by atoms with Crippen LogP contribution in [0.3, 0.4) is 0 Å². The van der Waals surface area contributed by atoms with Crippen molar-refractivity contribution in [2.75, 3.05) is 13.7 Å². The van der Waals surface area contributed by atoms with Crippen molar-refractivity contribution in [3.8, 4) is 5.75 Å². The number of ether oxygens (including phenoxy) is 2. The summed E-state index contributed by atoms with van der Waals surface area (Å²) in [4.78, 5) is 29.0. The second kappa shape index (κ2) is 10.5. The molecule has 1 aromatic heterocycles. The molecule has 2 atom stereocenters. The van der Waals surface area contributed by atoms with E-state index >= 15 is 0 Å². The number of amides is 2. The molecular weight excluding hydrogens is 402 g/mol. The zero-order chi connectivity index (χ0) is 21.5. The van der Waals surface area contributed by atoms with E-state index in [9.17, 15) is 9.59 Å². The second-order valence-corrected chi connectivity index (χ2v) is 8.65. The molecule has 2 unspecified atom stereocenters. The zero-order valence-corrected chi connectivity index (χ0v) is 18.5. The fourth-order valence-corrected chi connectivity index (χ4v) is 4.43. The number of hydrogen-bond donors (Lipinski definition) is 2. The molecule has 0 bridgehead atoms. The molecule has 1 aromatic carbocycles. The first-order chi connectivity index (χ1) is 14.4. The Morgan fingerprint density at radius 3 is 2.43 bits per heavy atom. The molecule has 0 saturated heterocycles. The van der Waals surface area contributed by atoms with Gasteiger partial charge in [0.25, 0.3) is 5.91 Å². The second-order valence-electron chi connectivity index (χ2n) is 7.71. The number of methoxy groups -OCH3 is 1. The standard InChI is InChI=1S/C22H29N3O4S/c1-14-8-15(2)10-16(9-14)29-12-21-24-19(13-30-21)22(27)25-18-7-5-4-6-17(18)23-20(26)11-28-3/h8-10,13,17-18H,4-7,11-12H2,1-3H3,(H,23,26)(H,25,27). The summed E-state index contributed by atoms with van der Waals surface area (Å²) >= 11 is 1.40. The van der Waals surface area contributed by atoms with Crippen LogP contribution in [-0.2, 0) is 16.1 Å². The van der Waals surface area contributed by atoms with Crippen molar-refractivity contribution < 1.29 is 19.1 Å². The normalized spacial score (nSPS) is 18.6. The lowest BCUT2D eigenvalue weighted by atomic mass is 9.90. The molecule has 1 heterocycles. The first-order valence-corrected chi connectivity index (χ1v) is 11.1. The summed E-state index contributed by atoms with van der Waals surface area (Å²) in [5, 5.41) is 8.50. The third-order valence-electron chi connectivity index (χ3n) is 5.05. The van der Waals surface area contributed by atoms with E-state index in [2.05, 4.69) is 21.7 Å². The van der Waals surface area contributed by atoms with Crippen LogP contribution in [0, 0.1) is 13.8 Å². The molecule has 30 heavy (non-hydrogen) atoms. The van der Waals surface area contributed by atoms with Crippen molar-refractivity contribution in [3.63, 3.8) is 0 Å². The van der Waals surface area contributed by atoms with Gasteiger partial charge in [-0.1, -0.05) is 18.9 Å². The minimum absolute atomic E-state index is 0.0209. The lowest BCUT2D eigenvalue weighted by Gasteiger charge is -2.32. The quantitative estimate of drug-likeness (QED) is 0.670. The number of aryl methyl sites for hydroxylation is 2. The maximum Gasteiger partial charge on any atom is 0.271 e. The van der Waals surface area contributed by atoms with Crippen molar-refractivity contribution in [3.05, 3.63) is 45.4 Å². The third kappa shape index (κ3) is 6.27.